The lowest BCUT2D eigenvalue weighted by Gasteiger charge is -2.08. The molecule has 0 atom stereocenters. The summed E-state index contributed by atoms with van der Waals surface area (Å²) in [7, 11) is 0. The molecule has 0 saturated carbocycles. The van der Waals surface area contributed by atoms with Gasteiger partial charge in [-0.15, -0.1) is 0 Å². The van der Waals surface area contributed by atoms with Gasteiger partial charge < -0.3 is 14.2 Å². The lowest BCUT2D eigenvalue weighted by atomic mass is 10.2. The van der Waals surface area contributed by atoms with Crippen LogP contribution in [0.15, 0.2) is 84.5 Å². The molecular formula is C29H28N4O9. The molecule has 218 valence electrons. The number of nitro groups is 2. The lowest BCUT2D eigenvalue weighted by Crippen LogP contribution is -2.08. The van der Waals surface area contributed by atoms with Crippen molar-refractivity contribution >= 4 is 35.2 Å². The standard InChI is InChI=1S/C29H28N4O9/c1-2-28(34)41-18-6-4-3-5-17-40-24-14-9-22(10-15-24)29(35)42-25-12-7-21(8-13-25)20-30-31-26-16-11-23(32(36)37)19-27(26)33(38)39/h2,7-16,19-20,31H,1,3-6,17-18H2/b30-20-. The van der Waals surface area contributed by atoms with Crippen LogP contribution in [0.2, 0.25) is 0 Å². The van der Waals surface area contributed by atoms with Crippen molar-refractivity contribution < 1.29 is 33.6 Å². The molecule has 0 fully saturated rings. The first-order valence-corrected chi connectivity index (χ1v) is 12.8. The number of anilines is 1. The smallest absolute Gasteiger partial charge is 0.343 e. The van der Waals surface area contributed by atoms with E-state index < -0.39 is 33.2 Å². The van der Waals surface area contributed by atoms with Crippen LogP contribution in [-0.2, 0) is 9.53 Å². The van der Waals surface area contributed by atoms with E-state index in [1.165, 1.54) is 12.3 Å². The van der Waals surface area contributed by atoms with Crippen molar-refractivity contribution in [3.05, 3.63) is 111 Å². The van der Waals surface area contributed by atoms with Gasteiger partial charge in [0.1, 0.15) is 17.2 Å². The summed E-state index contributed by atoms with van der Waals surface area (Å²) in [6.45, 7) is 4.24. The van der Waals surface area contributed by atoms with E-state index in [1.54, 1.807) is 48.5 Å². The second-order valence-corrected chi connectivity index (χ2v) is 8.70. The summed E-state index contributed by atoms with van der Waals surface area (Å²) in [4.78, 5) is 44.1. The predicted molar refractivity (Wildman–Crippen MR) is 154 cm³/mol. The third-order valence-corrected chi connectivity index (χ3v) is 5.69. The zero-order valence-corrected chi connectivity index (χ0v) is 22.5. The van der Waals surface area contributed by atoms with E-state index >= 15 is 0 Å². The quantitative estimate of drug-likeness (QED) is 0.0415. The van der Waals surface area contributed by atoms with Gasteiger partial charge in [-0.05, 0) is 85.8 Å². The molecule has 3 aromatic carbocycles. The van der Waals surface area contributed by atoms with Gasteiger partial charge in [-0.3, -0.25) is 25.7 Å². The van der Waals surface area contributed by atoms with Gasteiger partial charge in [0.25, 0.3) is 5.69 Å². The Labute approximate surface area is 240 Å². The topological polar surface area (TPSA) is 172 Å². The summed E-state index contributed by atoms with van der Waals surface area (Å²) in [5, 5.41) is 26.0. The van der Waals surface area contributed by atoms with Crippen LogP contribution in [0, 0.1) is 20.2 Å². The summed E-state index contributed by atoms with van der Waals surface area (Å²) in [5.74, 6) is -0.0365. The fourth-order valence-electron chi connectivity index (χ4n) is 3.51. The Morgan fingerprint density at radius 3 is 2.17 bits per heavy atom. The molecule has 3 aromatic rings. The van der Waals surface area contributed by atoms with Gasteiger partial charge in [-0.25, -0.2) is 9.59 Å². The molecule has 0 aliphatic heterocycles. The largest absolute Gasteiger partial charge is 0.494 e. The summed E-state index contributed by atoms with van der Waals surface area (Å²) >= 11 is 0. The highest BCUT2D eigenvalue weighted by Gasteiger charge is 2.19. The third-order valence-electron chi connectivity index (χ3n) is 5.69. The zero-order chi connectivity index (χ0) is 30.3. The molecular weight excluding hydrogens is 548 g/mol. The number of nitrogens with zero attached hydrogens (tertiary/aromatic N) is 3. The van der Waals surface area contributed by atoms with E-state index in [2.05, 4.69) is 17.1 Å². The molecule has 0 aliphatic rings. The molecule has 0 radical (unpaired) electrons. The number of carbonyl (C=O) groups is 2. The van der Waals surface area contributed by atoms with Crippen LogP contribution in [0.3, 0.4) is 0 Å². The van der Waals surface area contributed by atoms with Gasteiger partial charge in [-0.2, -0.15) is 5.10 Å². The Balaban J connectivity index is 1.42. The van der Waals surface area contributed by atoms with Crippen molar-refractivity contribution in [2.45, 2.75) is 25.7 Å². The number of nitrogens with one attached hydrogen (secondary N) is 1. The number of ether oxygens (including phenoxy) is 3. The number of unbranched alkanes of at least 4 members (excludes halogenated alkanes) is 3. The highest BCUT2D eigenvalue weighted by atomic mass is 16.6. The number of nitro benzene ring substituents is 2. The minimum absolute atomic E-state index is 0.00971. The molecule has 0 bridgehead atoms. The van der Waals surface area contributed by atoms with Gasteiger partial charge in [-0.1, -0.05) is 6.58 Å². The summed E-state index contributed by atoms with van der Waals surface area (Å²) in [5.41, 5.74) is 2.55. The van der Waals surface area contributed by atoms with Crippen molar-refractivity contribution in [1.82, 2.24) is 0 Å². The number of hydrogen-bond acceptors (Lipinski definition) is 11. The minimum Gasteiger partial charge on any atom is -0.494 e. The molecule has 42 heavy (non-hydrogen) atoms. The van der Waals surface area contributed by atoms with Crippen LogP contribution in [-0.4, -0.2) is 41.2 Å². The summed E-state index contributed by atoms with van der Waals surface area (Å²) in [6.07, 6.45) is 5.99. The monoisotopic (exact) mass is 576 g/mol. The van der Waals surface area contributed by atoms with Crippen molar-refractivity contribution in [3.63, 3.8) is 0 Å². The van der Waals surface area contributed by atoms with Gasteiger partial charge in [0.2, 0.25) is 0 Å². The van der Waals surface area contributed by atoms with Crippen LogP contribution in [0.1, 0.15) is 41.6 Å². The van der Waals surface area contributed by atoms with Crippen molar-refractivity contribution in [1.29, 1.82) is 0 Å². The molecule has 0 saturated heterocycles. The first kappa shape index (κ1) is 30.9. The summed E-state index contributed by atoms with van der Waals surface area (Å²) in [6, 6.07) is 16.2. The van der Waals surface area contributed by atoms with Gasteiger partial charge in [0.15, 0.2) is 0 Å². The number of hydrogen-bond donors (Lipinski definition) is 1. The van der Waals surface area contributed by atoms with Gasteiger partial charge >= 0.3 is 17.6 Å². The number of hydrazone groups is 1. The van der Waals surface area contributed by atoms with Gasteiger partial charge in [0, 0.05) is 12.1 Å². The van der Waals surface area contributed by atoms with Gasteiger partial charge in [0.05, 0.1) is 40.9 Å². The highest BCUT2D eigenvalue weighted by Crippen LogP contribution is 2.29. The number of esters is 2. The average Bonchev–Trinajstić information content (AvgIpc) is 2.99. The number of non-ortho nitro benzene ring substituents is 1. The number of benzene rings is 3. The van der Waals surface area contributed by atoms with Crippen LogP contribution in [0.5, 0.6) is 11.5 Å². The van der Waals surface area contributed by atoms with Crippen LogP contribution in [0.25, 0.3) is 0 Å². The molecule has 0 heterocycles. The molecule has 0 amide bonds. The maximum Gasteiger partial charge on any atom is 0.343 e. The Morgan fingerprint density at radius 2 is 1.52 bits per heavy atom. The Bertz CT molecular complexity index is 1440. The number of rotatable bonds is 16. The van der Waals surface area contributed by atoms with E-state index in [1.807, 2.05) is 0 Å². The fourth-order valence-corrected chi connectivity index (χ4v) is 3.51. The van der Waals surface area contributed by atoms with E-state index in [0.29, 0.717) is 35.8 Å². The minimum atomic E-state index is -0.743. The van der Waals surface area contributed by atoms with Crippen LogP contribution in [0.4, 0.5) is 17.1 Å². The lowest BCUT2D eigenvalue weighted by molar-refractivity contribution is -0.393. The fraction of sp³-hybridized carbons (Fsp3) is 0.207. The van der Waals surface area contributed by atoms with E-state index in [0.717, 1.165) is 43.9 Å². The molecule has 0 unspecified atom stereocenters. The van der Waals surface area contributed by atoms with Crippen LogP contribution < -0.4 is 14.9 Å². The van der Waals surface area contributed by atoms with E-state index in [-0.39, 0.29) is 5.69 Å². The Morgan fingerprint density at radius 1 is 0.857 bits per heavy atom. The molecule has 0 aliphatic carbocycles. The Hall–Kier alpha value is -5.59. The SMILES string of the molecule is C=CC(=O)OCCCCCCOc1ccc(C(=O)Oc2ccc(/C=N\Nc3ccc([N+](=O)[O-])cc3[N+](=O)[O-])cc2)cc1. The van der Waals surface area contributed by atoms with E-state index in [9.17, 15) is 29.8 Å². The second-order valence-electron chi connectivity index (χ2n) is 8.70. The molecule has 13 heteroatoms. The maximum atomic E-state index is 12.5. The van der Waals surface area contributed by atoms with E-state index in [4.69, 9.17) is 14.2 Å². The van der Waals surface area contributed by atoms with Crippen molar-refractivity contribution in [3.8, 4) is 11.5 Å². The Kier molecular flexibility index (Phi) is 11.7. The third kappa shape index (κ3) is 9.86. The number of carbonyl (C=O) groups excluding carboxylic acids is 2. The first-order chi connectivity index (χ1) is 20.3. The molecule has 0 spiro atoms. The predicted octanol–water partition coefficient (Wildman–Crippen LogP) is 5.84. The molecule has 3 rings (SSSR count). The normalized spacial score (nSPS) is 10.6. The molecule has 13 nitrogen and oxygen atoms in total. The zero-order valence-electron chi connectivity index (χ0n) is 22.5. The highest BCUT2D eigenvalue weighted by molar-refractivity contribution is 5.91. The average molecular weight is 577 g/mol. The summed E-state index contributed by atoms with van der Waals surface area (Å²) < 4.78 is 16.0. The molecule has 0 aromatic heterocycles. The maximum absolute atomic E-state index is 12.5. The van der Waals surface area contributed by atoms with Crippen LogP contribution >= 0.6 is 0 Å². The van der Waals surface area contributed by atoms with Crippen molar-refractivity contribution in [2.75, 3.05) is 18.6 Å². The molecule has 1 N–H and O–H groups in total. The van der Waals surface area contributed by atoms with Crippen molar-refractivity contribution in [2.24, 2.45) is 5.10 Å². The second kappa shape index (κ2) is 15.9. The first-order valence-electron chi connectivity index (χ1n) is 12.8.